The summed E-state index contributed by atoms with van der Waals surface area (Å²) in [7, 11) is 0. The van der Waals surface area contributed by atoms with Crippen LogP contribution in [0.15, 0.2) is 24.3 Å². The molecule has 0 aromatic heterocycles. The lowest BCUT2D eigenvalue weighted by Gasteiger charge is -2.23. The average molecular weight is 249 g/mol. The molecule has 0 unspecified atom stereocenters. The van der Waals surface area contributed by atoms with E-state index in [4.69, 9.17) is 5.73 Å². The molecule has 0 spiro atoms. The van der Waals surface area contributed by atoms with Crippen molar-refractivity contribution in [3.63, 3.8) is 0 Å². The summed E-state index contributed by atoms with van der Waals surface area (Å²) in [6.45, 7) is 8.63. The molecule has 4 N–H and O–H groups in total. The molecule has 0 aliphatic rings. The number of urea groups is 1. The summed E-state index contributed by atoms with van der Waals surface area (Å²) in [5, 5.41) is 5.57. The minimum atomic E-state index is -0.184. The summed E-state index contributed by atoms with van der Waals surface area (Å²) in [5.74, 6) is 0. The number of hydrogen-bond donors (Lipinski definition) is 3. The summed E-state index contributed by atoms with van der Waals surface area (Å²) in [4.78, 5) is 11.5. The van der Waals surface area contributed by atoms with Gasteiger partial charge in [-0.25, -0.2) is 4.79 Å². The van der Waals surface area contributed by atoms with Crippen molar-refractivity contribution in [1.82, 2.24) is 5.32 Å². The first-order valence-corrected chi connectivity index (χ1v) is 6.23. The number of hydrogen-bond acceptors (Lipinski definition) is 2. The highest BCUT2D eigenvalue weighted by Crippen LogP contribution is 2.23. The van der Waals surface area contributed by atoms with Crippen LogP contribution in [0.2, 0.25) is 0 Å². The Morgan fingerprint density at radius 2 is 1.83 bits per heavy atom. The van der Waals surface area contributed by atoms with Gasteiger partial charge in [-0.3, -0.25) is 0 Å². The molecule has 2 amide bonds. The molecule has 1 aromatic carbocycles. The van der Waals surface area contributed by atoms with Gasteiger partial charge >= 0.3 is 6.03 Å². The normalized spacial score (nSPS) is 11.4. The van der Waals surface area contributed by atoms with Crippen LogP contribution in [-0.4, -0.2) is 18.6 Å². The van der Waals surface area contributed by atoms with E-state index in [2.05, 4.69) is 24.5 Å². The fourth-order valence-electron chi connectivity index (χ4n) is 1.55. The Morgan fingerprint density at radius 1 is 1.28 bits per heavy atom. The van der Waals surface area contributed by atoms with Crippen LogP contribution in [0.3, 0.4) is 0 Å². The maximum absolute atomic E-state index is 11.5. The number of carbonyl (C=O) groups excluding carboxylic acids is 1. The van der Waals surface area contributed by atoms with Crippen molar-refractivity contribution in [2.75, 3.05) is 11.9 Å². The van der Waals surface area contributed by atoms with Gasteiger partial charge < -0.3 is 16.4 Å². The highest BCUT2D eigenvalue weighted by molar-refractivity contribution is 5.89. The van der Waals surface area contributed by atoms with Gasteiger partial charge in [0, 0.05) is 23.7 Å². The lowest BCUT2D eigenvalue weighted by molar-refractivity contribution is 0.250. The van der Waals surface area contributed by atoms with Crippen molar-refractivity contribution in [2.45, 2.75) is 39.2 Å². The molecule has 100 valence electrons. The molecule has 1 aromatic rings. The molecule has 0 heterocycles. The van der Waals surface area contributed by atoms with Crippen molar-refractivity contribution in [1.29, 1.82) is 0 Å². The van der Waals surface area contributed by atoms with Crippen LogP contribution in [-0.2, 0) is 5.41 Å². The van der Waals surface area contributed by atoms with Gasteiger partial charge in [0.05, 0.1) is 0 Å². The highest BCUT2D eigenvalue weighted by Gasteiger charge is 2.18. The minimum absolute atomic E-state index is 0.0429. The lowest BCUT2D eigenvalue weighted by atomic mass is 9.85. The molecule has 0 saturated heterocycles. The van der Waals surface area contributed by atoms with E-state index in [0.717, 1.165) is 5.69 Å². The van der Waals surface area contributed by atoms with Gasteiger partial charge in [0.1, 0.15) is 0 Å². The standard InChI is InChI=1S/C14H23N3O/c1-10(2)16-13(18)17-12-7-5-11(6-8-12)14(3,4)9-15/h5-8,10H,9,15H2,1-4H3,(H2,16,17,18). The zero-order chi connectivity index (χ0) is 13.8. The van der Waals surface area contributed by atoms with E-state index in [-0.39, 0.29) is 17.5 Å². The van der Waals surface area contributed by atoms with Crippen molar-refractivity contribution >= 4 is 11.7 Å². The molecule has 0 saturated carbocycles. The van der Waals surface area contributed by atoms with Gasteiger partial charge in [-0.1, -0.05) is 26.0 Å². The Morgan fingerprint density at radius 3 is 2.28 bits per heavy atom. The maximum atomic E-state index is 11.5. The van der Waals surface area contributed by atoms with Gasteiger partial charge in [0.2, 0.25) is 0 Å². The van der Waals surface area contributed by atoms with E-state index < -0.39 is 0 Å². The van der Waals surface area contributed by atoms with Crippen LogP contribution in [0.25, 0.3) is 0 Å². The fraction of sp³-hybridized carbons (Fsp3) is 0.500. The maximum Gasteiger partial charge on any atom is 0.319 e. The zero-order valence-corrected chi connectivity index (χ0v) is 11.6. The largest absolute Gasteiger partial charge is 0.336 e. The third-order valence-corrected chi connectivity index (χ3v) is 2.85. The smallest absolute Gasteiger partial charge is 0.319 e. The molecule has 0 atom stereocenters. The van der Waals surface area contributed by atoms with Crippen LogP contribution in [0.1, 0.15) is 33.3 Å². The summed E-state index contributed by atoms with van der Waals surface area (Å²) in [6.07, 6.45) is 0. The van der Waals surface area contributed by atoms with Crippen LogP contribution in [0.5, 0.6) is 0 Å². The molecular weight excluding hydrogens is 226 g/mol. The molecule has 0 aliphatic carbocycles. The number of nitrogens with one attached hydrogen (secondary N) is 2. The van der Waals surface area contributed by atoms with Crippen LogP contribution in [0.4, 0.5) is 10.5 Å². The fourth-order valence-corrected chi connectivity index (χ4v) is 1.55. The molecular formula is C14H23N3O. The molecule has 18 heavy (non-hydrogen) atoms. The predicted molar refractivity (Wildman–Crippen MR) is 75.8 cm³/mol. The van der Waals surface area contributed by atoms with Crippen molar-refractivity contribution < 1.29 is 4.79 Å². The Labute approximate surface area is 109 Å². The summed E-state index contributed by atoms with van der Waals surface area (Å²) in [5.41, 5.74) is 7.64. The topological polar surface area (TPSA) is 67.2 Å². The Balaban J connectivity index is 2.69. The van der Waals surface area contributed by atoms with E-state index in [1.165, 1.54) is 5.56 Å². The van der Waals surface area contributed by atoms with Crippen molar-refractivity contribution in [2.24, 2.45) is 5.73 Å². The quantitative estimate of drug-likeness (QED) is 0.767. The van der Waals surface area contributed by atoms with Gasteiger partial charge in [-0.2, -0.15) is 0 Å². The first-order valence-electron chi connectivity index (χ1n) is 6.23. The average Bonchev–Trinajstić information content (AvgIpc) is 2.28. The summed E-state index contributed by atoms with van der Waals surface area (Å²) >= 11 is 0. The monoisotopic (exact) mass is 249 g/mol. The number of anilines is 1. The van der Waals surface area contributed by atoms with Crippen molar-refractivity contribution in [3.05, 3.63) is 29.8 Å². The third kappa shape index (κ3) is 4.04. The van der Waals surface area contributed by atoms with E-state index in [1.807, 2.05) is 38.1 Å². The second kappa shape index (κ2) is 5.87. The number of benzene rings is 1. The number of carbonyl (C=O) groups is 1. The second-order valence-electron chi connectivity index (χ2n) is 5.42. The van der Waals surface area contributed by atoms with E-state index in [9.17, 15) is 4.79 Å². The van der Waals surface area contributed by atoms with Gasteiger partial charge in [-0.05, 0) is 31.5 Å². The van der Waals surface area contributed by atoms with Gasteiger partial charge in [0.25, 0.3) is 0 Å². The molecule has 0 bridgehead atoms. The first kappa shape index (κ1) is 14.5. The van der Waals surface area contributed by atoms with E-state index in [0.29, 0.717) is 6.54 Å². The molecule has 0 fully saturated rings. The minimum Gasteiger partial charge on any atom is -0.336 e. The lowest BCUT2D eigenvalue weighted by Crippen LogP contribution is -2.34. The molecule has 4 nitrogen and oxygen atoms in total. The molecule has 4 heteroatoms. The van der Waals surface area contributed by atoms with Gasteiger partial charge in [0.15, 0.2) is 0 Å². The predicted octanol–water partition coefficient (Wildman–Crippen LogP) is 2.45. The second-order valence-corrected chi connectivity index (χ2v) is 5.42. The molecule has 1 rings (SSSR count). The summed E-state index contributed by atoms with van der Waals surface area (Å²) in [6, 6.07) is 7.73. The van der Waals surface area contributed by atoms with Crippen LogP contribution < -0.4 is 16.4 Å². The first-order chi connectivity index (χ1) is 8.35. The third-order valence-electron chi connectivity index (χ3n) is 2.85. The number of nitrogens with two attached hydrogens (primary N) is 1. The van der Waals surface area contributed by atoms with Gasteiger partial charge in [-0.15, -0.1) is 0 Å². The SMILES string of the molecule is CC(C)NC(=O)Nc1ccc(C(C)(C)CN)cc1. The molecule has 0 aliphatic heterocycles. The number of rotatable bonds is 4. The highest BCUT2D eigenvalue weighted by atomic mass is 16.2. The molecule has 0 radical (unpaired) electrons. The van der Waals surface area contributed by atoms with Crippen LogP contribution >= 0.6 is 0 Å². The van der Waals surface area contributed by atoms with Crippen molar-refractivity contribution in [3.8, 4) is 0 Å². The number of amides is 2. The summed E-state index contributed by atoms with van der Waals surface area (Å²) < 4.78 is 0. The van der Waals surface area contributed by atoms with E-state index >= 15 is 0 Å². The van der Waals surface area contributed by atoms with E-state index in [1.54, 1.807) is 0 Å². The Hall–Kier alpha value is -1.55. The zero-order valence-electron chi connectivity index (χ0n) is 11.6. The van der Waals surface area contributed by atoms with Crippen LogP contribution in [0, 0.1) is 0 Å². The Kier molecular flexibility index (Phi) is 4.73. The Bertz CT molecular complexity index is 396.